The van der Waals surface area contributed by atoms with Gasteiger partial charge in [-0.2, -0.15) is 25.3 Å². The molecule has 4 N–H and O–H groups in total. The van der Waals surface area contributed by atoms with Gasteiger partial charge in [0, 0.05) is 48.1 Å². The van der Waals surface area contributed by atoms with E-state index in [1.54, 1.807) is 67.6 Å². The summed E-state index contributed by atoms with van der Waals surface area (Å²) in [6.45, 7) is 4.42. The van der Waals surface area contributed by atoms with Gasteiger partial charge in [-0.25, -0.2) is 4.58 Å². The van der Waals surface area contributed by atoms with Crippen molar-refractivity contribution in [3.8, 4) is 5.75 Å². The zero-order chi connectivity index (χ0) is 38.7. The van der Waals surface area contributed by atoms with Crippen molar-refractivity contribution in [1.29, 1.82) is 0 Å². The highest BCUT2D eigenvalue weighted by Gasteiger charge is 2.24. The Balaban J connectivity index is 1.60. The Hall–Kier alpha value is -4.94. The highest BCUT2D eigenvalue weighted by atomic mass is 32.2. The van der Waals surface area contributed by atoms with Gasteiger partial charge in [0.25, 0.3) is 30.4 Å². The summed E-state index contributed by atoms with van der Waals surface area (Å²) in [6.07, 6.45) is 4.99. The average molecular weight is 781 g/mol. The minimum atomic E-state index is -4.84. The molecule has 0 saturated heterocycles. The van der Waals surface area contributed by atoms with Crippen LogP contribution in [0.3, 0.4) is 0 Å². The molecule has 0 bridgehead atoms. The van der Waals surface area contributed by atoms with E-state index in [1.807, 2.05) is 11.8 Å². The number of allylic oxidation sites excluding steroid dienone is 5. The molecule has 278 valence electrons. The topological polar surface area (TPSA) is 213 Å². The fourth-order valence-corrected chi connectivity index (χ4v) is 8.00. The number of aromatic hydroxyl groups is 1. The number of nitrogens with zero attached hydrogens (tertiary/aromatic N) is 2. The maximum atomic E-state index is 13.6. The molecule has 1 atom stereocenters. The summed E-state index contributed by atoms with van der Waals surface area (Å²) in [5.74, 6) is -0.395. The molecule has 0 fully saturated rings. The van der Waals surface area contributed by atoms with Gasteiger partial charge in [-0.3, -0.25) is 13.7 Å². The van der Waals surface area contributed by atoms with E-state index in [2.05, 4.69) is 0 Å². The first-order valence-corrected chi connectivity index (χ1v) is 20.4. The maximum Gasteiger partial charge on any atom is 0.295 e. The van der Waals surface area contributed by atoms with E-state index in [0.29, 0.717) is 40.2 Å². The summed E-state index contributed by atoms with van der Waals surface area (Å²) >= 11 is 0. The van der Waals surface area contributed by atoms with Gasteiger partial charge < -0.3 is 15.1 Å². The van der Waals surface area contributed by atoms with Crippen LogP contribution in [0.5, 0.6) is 5.75 Å². The fourth-order valence-electron chi connectivity index (χ4n) is 6.04. The maximum absolute atomic E-state index is 13.6. The quantitative estimate of drug-likeness (QED) is 0.0881. The van der Waals surface area contributed by atoms with Crippen LogP contribution >= 0.6 is 0 Å². The third kappa shape index (κ3) is 9.00. The molecule has 1 aliphatic carbocycles. The van der Waals surface area contributed by atoms with Crippen molar-refractivity contribution in [2.75, 3.05) is 18.0 Å². The van der Waals surface area contributed by atoms with Crippen LogP contribution in [0.15, 0.2) is 136 Å². The Morgan fingerprint density at radius 3 is 1.96 bits per heavy atom. The minimum Gasteiger partial charge on any atom is -0.794 e. The van der Waals surface area contributed by atoms with Crippen molar-refractivity contribution in [3.05, 3.63) is 143 Å². The normalized spacial score (nSPS) is 13.9. The molecular formula is C37H36N2O11S3. The summed E-state index contributed by atoms with van der Waals surface area (Å²) in [5.41, 5.74) is 2.99. The molecule has 0 spiro atoms. The van der Waals surface area contributed by atoms with Gasteiger partial charge in [0.15, 0.2) is 5.71 Å². The number of phenolic OH excluding ortho intramolecular Hbond substituents is 1. The Morgan fingerprint density at radius 1 is 0.736 bits per heavy atom. The second kappa shape index (κ2) is 15.6. The number of hydrogen-bond donors (Lipinski definition) is 4. The fraction of sp³-hybridized carbons (Fsp3) is 0.162. The highest BCUT2D eigenvalue weighted by molar-refractivity contribution is 7.86. The number of phenols is 1. The molecule has 0 amide bonds. The molecule has 4 aromatic rings. The highest BCUT2D eigenvalue weighted by Crippen LogP contribution is 2.36. The van der Waals surface area contributed by atoms with Gasteiger partial charge in [-0.1, -0.05) is 42.5 Å². The zero-order valence-electron chi connectivity index (χ0n) is 28.4. The van der Waals surface area contributed by atoms with Gasteiger partial charge in [0.2, 0.25) is 0 Å². The van der Waals surface area contributed by atoms with E-state index in [0.717, 1.165) is 12.1 Å². The smallest absolute Gasteiger partial charge is 0.295 e. The first-order chi connectivity index (χ1) is 24.9. The largest absolute Gasteiger partial charge is 0.794 e. The van der Waals surface area contributed by atoms with Crippen LogP contribution in [0.1, 0.15) is 42.3 Å². The molecule has 4 aromatic carbocycles. The van der Waals surface area contributed by atoms with Crippen LogP contribution in [0.2, 0.25) is 0 Å². The molecule has 5 rings (SSSR count). The van der Waals surface area contributed by atoms with E-state index in [-0.39, 0.29) is 29.1 Å². The van der Waals surface area contributed by atoms with Crippen molar-refractivity contribution in [3.63, 3.8) is 0 Å². The predicted molar refractivity (Wildman–Crippen MR) is 196 cm³/mol. The molecule has 1 aliphatic rings. The molecule has 0 radical (unpaired) electrons. The molecule has 13 nitrogen and oxygen atoms in total. The minimum absolute atomic E-state index is 0.0660. The van der Waals surface area contributed by atoms with Crippen LogP contribution < -0.4 is 10.0 Å². The lowest BCUT2D eigenvalue weighted by Gasteiger charge is -2.25. The Kier molecular flexibility index (Phi) is 11.5. The monoisotopic (exact) mass is 780 g/mol. The van der Waals surface area contributed by atoms with Crippen LogP contribution in [0, 0.1) is 0 Å². The van der Waals surface area contributed by atoms with Crippen LogP contribution in [0.4, 0.5) is 5.69 Å². The number of benzene rings is 4. The van der Waals surface area contributed by atoms with Gasteiger partial charge >= 0.3 is 0 Å². The lowest BCUT2D eigenvalue weighted by atomic mass is 9.90. The third-order valence-corrected chi connectivity index (χ3v) is 11.3. The molecule has 0 aromatic heterocycles. The van der Waals surface area contributed by atoms with Gasteiger partial charge in [-0.15, -0.1) is 0 Å². The van der Waals surface area contributed by atoms with Crippen molar-refractivity contribution in [1.82, 2.24) is 0 Å². The molecular weight excluding hydrogens is 745 g/mol. The summed E-state index contributed by atoms with van der Waals surface area (Å²) in [6, 6.07) is 21.7. The van der Waals surface area contributed by atoms with E-state index >= 15 is 0 Å². The Morgan fingerprint density at radius 2 is 1.38 bits per heavy atom. The molecule has 1 unspecified atom stereocenters. The lowest BCUT2D eigenvalue weighted by molar-refractivity contribution is -0.735. The summed E-state index contributed by atoms with van der Waals surface area (Å²) in [5, 5.41) is 23.7. The Bertz CT molecular complexity index is 2490. The molecule has 0 aliphatic heterocycles. The lowest BCUT2D eigenvalue weighted by Crippen LogP contribution is -2.33. The molecule has 0 saturated carbocycles. The van der Waals surface area contributed by atoms with E-state index in [4.69, 9.17) is 0 Å². The average Bonchev–Trinajstić information content (AvgIpc) is 3.11. The first kappa shape index (κ1) is 39.3. The second-order valence-corrected chi connectivity index (χ2v) is 16.1. The summed E-state index contributed by atoms with van der Waals surface area (Å²) in [7, 11) is -13.9. The van der Waals surface area contributed by atoms with E-state index in [1.165, 1.54) is 47.0 Å². The number of rotatable bonds is 12. The molecule has 53 heavy (non-hydrogen) atoms. The molecule has 16 heteroatoms. The van der Waals surface area contributed by atoms with Crippen molar-refractivity contribution in [2.24, 2.45) is 0 Å². The summed E-state index contributed by atoms with van der Waals surface area (Å²) in [4.78, 5) is 0.694. The van der Waals surface area contributed by atoms with Gasteiger partial charge in [-0.05, 0) is 90.7 Å². The number of hydrogen-bond acceptors (Lipinski definition) is 9. The zero-order valence-corrected chi connectivity index (χ0v) is 30.9. The SMILES string of the molecule is CCN(Cc1ccccc1S(=O)(=O)O)c1ccc(C(=C2C=CC(=[N+](CC)C([O-])c3cccc(S(=O)(=O)O)c3)C=C2)c2ccc(O)cc2S(=O)(=O)O)cc1. The van der Waals surface area contributed by atoms with Crippen LogP contribution in [-0.4, -0.2) is 67.4 Å². The van der Waals surface area contributed by atoms with Crippen molar-refractivity contribution < 1.29 is 53.7 Å². The van der Waals surface area contributed by atoms with Crippen LogP contribution in [0.25, 0.3) is 5.57 Å². The van der Waals surface area contributed by atoms with Crippen LogP contribution in [-0.2, 0) is 36.9 Å². The van der Waals surface area contributed by atoms with Gasteiger partial charge in [0.05, 0.1) is 9.79 Å². The first-order valence-electron chi connectivity index (χ1n) is 16.1. The van der Waals surface area contributed by atoms with Crippen molar-refractivity contribution in [2.45, 2.75) is 41.3 Å². The Labute approximate surface area is 308 Å². The third-order valence-electron chi connectivity index (χ3n) is 8.58. The van der Waals surface area contributed by atoms with E-state index < -0.39 is 52.1 Å². The summed E-state index contributed by atoms with van der Waals surface area (Å²) < 4.78 is 103. The molecule has 0 heterocycles. The predicted octanol–water partition coefficient (Wildman–Crippen LogP) is 4.62. The second-order valence-electron chi connectivity index (χ2n) is 11.9. The standard InChI is InChI=1S/C37H35N2O11S3/c1-3-38(24-28-8-5-6-11-34(28)52(45,46)47)29-16-12-25(13-17-29)36(33-21-20-31(40)23-35(33)53(48,49)50)26-14-18-30(19-15-26)39(4-2)37(41)27-9-7-10-32(22-27)51(42,43)44/h5-23,37H,3-4,24H2,1-2H3,(H3,42,43,44,45,46,47,48,49,50)/q-1/p+1. The van der Waals surface area contributed by atoms with Crippen molar-refractivity contribution >= 4 is 47.3 Å². The van der Waals surface area contributed by atoms with E-state index in [9.17, 15) is 49.1 Å². The van der Waals surface area contributed by atoms with Gasteiger partial charge in [0.1, 0.15) is 23.4 Å². The number of anilines is 1.